The molecule has 1 aromatic carbocycles. The normalized spacial score (nSPS) is 11.7. The molecule has 3 aromatic heterocycles. The second-order valence-electron chi connectivity index (χ2n) is 8.36. The third-order valence-corrected chi connectivity index (χ3v) is 6.09. The number of pyridine rings is 3. The van der Waals surface area contributed by atoms with Crippen molar-refractivity contribution in [1.82, 2.24) is 14.5 Å². The zero-order chi connectivity index (χ0) is 28.1. The number of carbonyl (C=O) groups excluding carboxylic acids is 2. The van der Waals surface area contributed by atoms with Gasteiger partial charge in [0.05, 0.1) is 25.2 Å². The number of nitrogens with zero attached hydrogens (tertiary/aromatic N) is 3. The van der Waals surface area contributed by atoms with Gasteiger partial charge in [-0.15, -0.1) is 0 Å². The summed E-state index contributed by atoms with van der Waals surface area (Å²) in [6, 6.07) is 11.8. The van der Waals surface area contributed by atoms with Crippen LogP contribution in [-0.2, 0) is 11.2 Å². The average molecular weight is 554 g/mol. The summed E-state index contributed by atoms with van der Waals surface area (Å²) in [7, 11) is 1.32. The minimum absolute atomic E-state index is 0.0127. The van der Waals surface area contributed by atoms with Gasteiger partial charge in [-0.25, -0.2) is 13.8 Å². The van der Waals surface area contributed by atoms with Crippen LogP contribution in [0.2, 0.25) is 5.02 Å². The number of hydrogen-bond acceptors (Lipinski definition) is 6. The Kier molecular flexibility index (Phi) is 8.30. The predicted molar refractivity (Wildman–Crippen MR) is 141 cm³/mol. The Labute approximate surface area is 226 Å². The van der Waals surface area contributed by atoms with Crippen molar-refractivity contribution in [2.24, 2.45) is 5.73 Å². The van der Waals surface area contributed by atoms with Crippen molar-refractivity contribution in [2.75, 3.05) is 12.4 Å². The molecule has 0 fully saturated rings. The van der Waals surface area contributed by atoms with Crippen LogP contribution in [0, 0.1) is 0 Å². The molecule has 4 rings (SSSR count). The second-order valence-corrected chi connectivity index (χ2v) is 8.80. The number of rotatable bonds is 9. The first kappa shape index (κ1) is 27.4. The van der Waals surface area contributed by atoms with Crippen molar-refractivity contribution in [3.8, 4) is 16.9 Å². The fourth-order valence-electron chi connectivity index (χ4n) is 3.97. The first-order valence-corrected chi connectivity index (χ1v) is 11.9. The van der Waals surface area contributed by atoms with Crippen LogP contribution in [0.3, 0.4) is 0 Å². The molecule has 1 unspecified atom stereocenters. The van der Waals surface area contributed by atoms with E-state index in [0.29, 0.717) is 5.69 Å². The molecule has 9 nitrogen and oxygen atoms in total. The molecule has 12 heteroatoms. The van der Waals surface area contributed by atoms with E-state index in [1.54, 1.807) is 24.4 Å². The standard InChI is InChI=1S/C27H22ClF2N5O4/c1-39-23-14-35(24(36)12-20(23)19-10-15(28)5-7-18(19)25(29)30)22(11-16-4-2-3-9-32-16)27(38)34-17-6-8-21(26(31)37)33-13-17/h2-10,12-14,22,25H,11H2,1H3,(H2,31,37)(H,34,38). The van der Waals surface area contributed by atoms with Gasteiger partial charge in [0.1, 0.15) is 17.5 Å². The van der Waals surface area contributed by atoms with Crippen LogP contribution < -0.4 is 21.3 Å². The van der Waals surface area contributed by atoms with Gasteiger partial charge in [-0.2, -0.15) is 0 Å². The van der Waals surface area contributed by atoms with E-state index in [1.165, 1.54) is 49.8 Å². The summed E-state index contributed by atoms with van der Waals surface area (Å²) in [5.74, 6) is -1.25. The highest BCUT2D eigenvalue weighted by molar-refractivity contribution is 6.30. The highest BCUT2D eigenvalue weighted by Gasteiger charge is 2.26. The number of nitrogens with two attached hydrogens (primary N) is 1. The minimum Gasteiger partial charge on any atom is -0.495 e. The second kappa shape index (κ2) is 11.8. The number of primary amides is 1. The fourth-order valence-corrected chi connectivity index (χ4v) is 4.14. The van der Waals surface area contributed by atoms with E-state index < -0.39 is 29.8 Å². The molecule has 0 saturated heterocycles. The largest absolute Gasteiger partial charge is 0.495 e. The molecule has 0 aliphatic carbocycles. The molecule has 0 bridgehead atoms. The van der Waals surface area contributed by atoms with Crippen LogP contribution in [0.1, 0.15) is 34.2 Å². The highest BCUT2D eigenvalue weighted by Crippen LogP contribution is 2.37. The van der Waals surface area contributed by atoms with Gasteiger partial charge >= 0.3 is 0 Å². The third-order valence-electron chi connectivity index (χ3n) is 5.86. The lowest BCUT2D eigenvalue weighted by Crippen LogP contribution is -2.34. The van der Waals surface area contributed by atoms with E-state index in [9.17, 15) is 23.2 Å². The number of hydrogen-bond donors (Lipinski definition) is 2. The molecule has 200 valence electrons. The van der Waals surface area contributed by atoms with E-state index in [-0.39, 0.29) is 45.3 Å². The number of ether oxygens (including phenoxy) is 1. The van der Waals surface area contributed by atoms with Gasteiger partial charge in [-0.3, -0.25) is 23.9 Å². The fraction of sp³-hybridized carbons (Fsp3) is 0.148. The number of alkyl halides is 2. The van der Waals surface area contributed by atoms with E-state index in [1.807, 2.05) is 0 Å². The summed E-state index contributed by atoms with van der Waals surface area (Å²) >= 11 is 6.06. The van der Waals surface area contributed by atoms with E-state index >= 15 is 0 Å². The summed E-state index contributed by atoms with van der Waals surface area (Å²) in [6.45, 7) is 0. The zero-order valence-electron chi connectivity index (χ0n) is 20.5. The first-order valence-electron chi connectivity index (χ1n) is 11.5. The zero-order valence-corrected chi connectivity index (χ0v) is 21.2. The van der Waals surface area contributed by atoms with Crippen LogP contribution in [0.25, 0.3) is 11.1 Å². The number of carbonyl (C=O) groups is 2. The van der Waals surface area contributed by atoms with Crippen LogP contribution in [0.15, 0.2) is 78.0 Å². The molecule has 0 saturated carbocycles. The minimum atomic E-state index is -2.83. The molecule has 3 heterocycles. The van der Waals surface area contributed by atoms with Crippen LogP contribution in [0.5, 0.6) is 5.75 Å². The Morgan fingerprint density at radius 1 is 1.10 bits per heavy atom. The molecule has 0 radical (unpaired) electrons. The molecular weight excluding hydrogens is 532 g/mol. The Morgan fingerprint density at radius 3 is 2.51 bits per heavy atom. The Hall–Kier alpha value is -4.64. The lowest BCUT2D eigenvalue weighted by Gasteiger charge is -2.21. The van der Waals surface area contributed by atoms with Gasteiger partial charge in [-0.05, 0) is 42.0 Å². The van der Waals surface area contributed by atoms with Gasteiger partial charge in [0, 0.05) is 40.5 Å². The third kappa shape index (κ3) is 6.27. The molecule has 2 amide bonds. The number of methoxy groups -OCH3 is 1. The lowest BCUT2D eigenvalue weighted by molar-refractivity contribution is -0.119. The molecule has 3 N–H and O–H groups in total. The number of halogens is 3. The van der Waals surface area contributed by atoms with Crippen molar-refractivity contribution >= 4 is 29.1 Å². The molecular formula is C27H22ClF2N5O4. The van der Waals surface area contributed by atoms with Gasteiger partial charge in [0.25, 0.3) is 17.9 Å². The van der Waals surface area contributed by atoms with Gasteiger partial charge in [0.15, 0.2) is 0 Å². The summed E-state index contributed by atoms with van der Waals surface area (Å²) in [5.41, 5.74) is 5.15. The first-order chi connectivity index (χ1) is 18.7. The smallest absolute Gasteiger partial charge is 0.267 e. The van der Waals surface area contributed by atoms with E-state index in [4.69, 9.17) is 22.1 Å². The van der Waals surface area contributed by atoms with Crippen LogP contribution >= 0.6 is 11.6 Å². The topological polar surface area (TPSA) is 129 Å². The van der Waals surface area contributed by atoms with Gasteiger partial charge in [-0.1, -0.05) is 23.7 Å². The number of benzene rings is 1. The van der Waals surface area contributed by atoms with Crippen molar-refractivity contribution in [2.45, 2.75) is 18.9 Å². The monoisotopic (exact) mass is 553 g/mol. The summed E-state index contributed by atoms with van der Waals surface area (Å²) in [5, 5.41) is 2.87. The molecule has 0 aliphatic heterocycles. The molecule has 0 aliphatic rings. The number of nitrogens with one attached hydrogen (secondary N) is 1. The van der Waals surface area contributed by atoms with E-state index in [0.717, 1.165) is 10.6 Å². The quantitative estimate of drug-likeness (QED) is 0.315. The maximum Gasteiger partial charge on any atom is 0.267 e. The van der Waals surface area contributed by atoms with Gasteiger partial charge in [0.2, 0.25) is 5.91 Å². The summed E-state index contributed by atoms with van der Waals surface area (Å²) in [6.07, 6.45) is 1.28. The Bertz CT molecular complexity index is 1560. The molecule has 4 aromatic rings. The van der Waals surface area contributed by atoms with Crippen molar-refractivity contribution in [1.29, 1.82) is 0 Å². The SMILES string of the molecule is COc1cn(C(Cc2ccccn2)C(=O)Nc2ccc(C(N)=O)nc2)c(=O)cc1-c1cc(Cl)ccc1C(F)F. The maximum atomic E-state index is 13.8. The summed E-state index contributed by atoms with van der Waals surface area (Å²) in [4.78, 5) is 46.3. The number of aromatic nitrogens is 3. The number of amides is 2. The number of anilines is 1. The predicted octanol–water partition coefficient (Wildman–Crippen LogP) is 4.43. The van der Waals surface area contributed by atoms with Crippen LogP contribution in [0.4, 0.5) is 14.5 Å². The van der Waals surface area contributed by atoms with Crippen LogP contribution in [-0.4, -0.2) is 33.5 Å². The van der Waals surface area contributed by atoms with Crippen molar-refractivity contribution in [3.05, 3.63) is 106 Å². The molecule has 39 heavy (non-hydrogen) atoms. The maximum absolute atomic E-state index is 13.8. The molecule has 0 spiro atoms. The van der Waals surface area contributed by atoms with E-state index in [2.05, 4.69) is 15.3 Å². The molecule has 1 atom stereocenters. The Balaban J connectivity index is 1.78. The Morgan fingerprint density at radius 2 is 1.90 bits per heavy atom. The lowest BCUT2D eigenvalue weighted by atomic mass is 9.99. The summed E-state index contributed by atoms with van der Waals surface area (Å²) < 4.78 is 34.1. The average Bonchev–Trinajstić information content (AvgIpc) is 2.92. The van der Waals surface area contributed by atoms with Crippen molar-refractivity contribution < 1.29 is 23.1 Å². The van der Waals surface area contributed by atoms with Gasteiger partial charge < -0.3 is 15.8 Å². The highest BCUT2D eigenvalue weighted by atomic mass is 35.5. The van der Waals surface area contributed by atoms with Crippen molar-refractivity contribution in [3.63, 3.8) is 0 Å².